The highest BCUT2D eigenvalue weighted by Crippen LogP contribution is 2.42. The maximum atomic E-state index is 6.51. The Hall–Kier alpha value is 0.290. The van der Waals surface area contributed by atoms with E-state index in [9.17, 15) is 0 Å². The second kappa shape index (κ2) is 3.57. The first-order valence-corrected chi connectivity index (χ1v) is 5.17. The number of rotatable bonds is 2. The van der Waals surface area contributed by atoms with Crippen molar-refractivity contribution in [3.8, 4) is 0 Å². The third kappa shape index (κ3) is 2.65. The molecule has 1 heteroatoms. The van der Waals surface area contributed by atoms with Crippen molar-refractivity contribution in [2.75, 3.05) is 0 Å². The van der Waals surface area contributed by atoms with Crippen LogP contribution in [0.1, 0.15) is 48.5 Å². The maximum Gasteiger partial charge on any atom is 0.0472 e. The van der Waals surface area contributed by atoms with Gasteiger partial charge in [-0.2, -0.15) is 0 Å². The summed E-state index contributed by atoms with van der Waals surface area (Å²) in [6.07, 6.45) is 0. The number of halogens is 1. The molecule has 12 heavy (non-hydrogen) atoms. The summed E-state index contributed by atoms with van der Waals surface area (Å²) in [6, 6.07) is 0. The lowest BCUT2D eigenvalue weighted by atomic mass is 9.71. The number of hydrogen-bond donors (Lipinski definition) is 0. The molecule has 0 bridgehead atoms. The minimum absolute atomic E-state index is 0.0851. The van der Waals surface area contributed by atoms with Gasteiger partial charge >= 0.3 is 0 Å². The van der Waals surface area contributed by atoms with Gasteiger partial charge in [0.15, 0.2) is 0 Å². The highest BCUT2D eigenvalue weighted by atomic mass is 35.5. The zero-order valence-electron chi connectivity index (χ0n) is 9.53. The topological polar surface area (TPSA) is 0 Å². The van der Waals surface area contributed by atoms with Gasteiger partial charge in [-0.3, -0.25) is 0 Å². The predicted octanol–water partition coefficient (Wildman–Crippen LogP) is 4.32. The van der Waals surface area contributed by atoms with Crippen LogP contribution in [0.2, 0.25) is 0 Å². The molecule has 0 fully saturated rings. The van der Waals surface area contributed by atoms with Crippen molar-refractivity contribution in [3.05, 3.63) is 0 Å². The first-order valence-electron chi connectivity index (χ1n) is 4.79. The van der Waals surface area contributed by atoms with Crippen LogP contribution in [-0.4, -0.2) is 4.87 Å². The second-order valence-electron chi connectivity index (χ2n) is 5.39. The molecule has 2 atom stereocenters. The molecule has 0 N–H and O–H groups in total. The van der Waals surface area contributed by atoms with E-state index in [1.165, 1.54) is 0 Å². The molecule has 0 aromatic heterocycles. The van der Waals surface area contributed by atoms with Crippen molar-refractivity contribution >= 4 is 11.6 Å². The highest BCUT2D eigenvalue weighted by Gasteiger charge is 2.38. The van der Waals surface area contributed by atoms with Gasteiger partial charge in [0.2, 0.25) is 0 Å². The number of alkyl halides is 1. The van der Waals surface area contributed by atoms with E-state index >= 15 is 0 Å². The highest BCUT2D eigenvalue weighted by molar-refractivity contribution is 6.24. The quantitative estimate of drug-likeness (QED) is 0.569. The van der Waals surface area contributed by atoms with Crippen LogP contribution in [0.3, 0.4) is 0 Å². The van der Waals surface area contributed by atoms with Crippen molar-refractivity contribution in [1.82, 2.24) is 0 Å². The van der Waals surface area contributed by atoms with E-state index in [0.29, 0.717) is 17.3 Å². The van der Waals surface area contributed by atoms with Gasteiger partial charge in [0.05, 0.1) is 0 Å². The Kier molecular flexibility index (Phi) is 3.66. The van der Waals surface area contributed by atoms with Gasteiger partial charge in [-0.1, -0.05) is 41.5 Å². The van der Waals surface area contributed by atoms with Crippen LogP contribution >= 0.6 is 11.6 Å². The standard InChI is InChI=1S/C11H23Cl/c1-8(2)11(7,12)9(3)10(4,5)6/h8-9H,1-7H3. The van der Waals surface area contributed by atoms with E-state index in [1.807, 2.05) is 0 Å². The van der Waals surface area contributed by atoms with E-state index in [2.05, 4.69) is 48.5 Å². The Labute approximate surface area is 82.7 Å². The average molecular weight is 191 g/mol. The summed E-state index contributed by atoms with van der Waals surface area (Å²) in [7, 11) is 0. The van der Waals surface area contributed by atoms with Crippen molar-refractivity contribution in [3.63, 3.8) is 0 Å². The molecule has 74 valence electrons. The van der Waals surface area contributed by atoms with E-state index in [4.69, 9.17) is 11.6 Å². The van der Waals surface area contributed by atoms with E-state index in [-0.39, 0.29) is 4.87 Å². The Balaban J connectivity index is 4.57. The van der Waals surface area contributed by atoms with Gasteiger partial charge in [-0.15, -0.1) is 11.6 Å². The molecule has 0 nitrogen and oxygen atoms in total. The summed E-state index contributed by atoms with van der Waals surface area (Å²) in [6.45, 7) is 15.5. The van der Waals surface area contributed by atoms with Crippen molar-refractivity contribution < 1.29 is 0 Å². The smallest absolute Gasteiger partial charge is 0.0472 e. The lowest BCUT2D eigenvalue weighted by molar-refractivity contribution is 0.173. The Morgan fingerprint density at radius 2 is 1.25 bits per heavy atom. The summed E-state index contributed by atoms with van der Waals surface area (Å²) >= 11 is 6.51. The molecular weight excluding hydrogens is 168 g/mol. The monoisotopic (exact) mass is 190 g/mol. The van der Waals surface area contributed by atoms with E-state index in [0.717, 1.165) is 0 Å². The first kappa shape index (κ1) is 12.3. The molecule has 0 aromatic carbocycles. The minimum atomic E-state index is -0.0851. The maximum absolute atomic E-state index is 6.51. The molecule has 0 saturated carbocycles. The summed E-state index contributed by atoms with van der Waals surface area (Å²) < 4.78 is 0. The van der Waals surface area contributed by atoms with Crippen LogP contribution in [-0.2, 0) is 0 Å². The Bertz CT molecular complexity index is 140. The largest absolute Gasteiger partial charge is 0.119 e. The summed E-state index contributed by atoms with van der Waals surface area (Å²) in [5.41, 5.74) is 0.292. The first-order chi connectivity index (χ1) is 5.10. The normalized spacial score (nSPS) is 20.8. The lowest BCUT2D eigenvalue weighted by Crippen LogP contribution is -2.39. The molecule has 0 aliphatic carbocycles. The van der Waals surface area contributed by atoms with Gasteiger partial charge in [-0.25, -0.2) is 0 Å². The fraction of sp³-hybridized carbons (Fsp3) is 1.00. The molecule has 0 aliphatic rings. The van der Waals surface area contributed by atoms with E-state index < -0.39 is 0 Å². The second-order valence-corrected chi connectivity index (χ2v) is 6.21. The summed E-state index contributed by atoms with van der Waals surface area (Å²) in [5, 5.41) is 0. The zero-order chi connectivity index (χ0) is 10.2. The number of hydrogen-bond acceptors (Lipinski definition) is 0. The molecule has 0 aliphatic heterocycles. The van der Waals surface area contributed by atoms with Crippen molar-refractivity contribution in [2.45, 2.75) is 53.3 Å². The van der Waals surface area contributed by atoms with Gasteiger partial charge in [-0.05, 0) is 24.2 Å². The van der Waals surface area contributed by atoms with Gasteiger partial charge < -0.3 is 0 Å². The van der Waals surface area contributed by atoms with Crippen LogP contribution in [0.5, 0.6) is 0 Å². The summed E-state index contributed by atoms with van der Waals surface area (Å²) in [4.78, 5) is -0.0851. The third-order valence-electron chi connectivity index (χ3n) is 3.27. The zero-order valence-corrected chi connectivity index (χ0v) is 10.3. The van der Waals surface area contributed by atoms with Crippen LogP contribution in [0.15, 0.2) is 0 Å². The van der Waals surface area contributed by atoms with Gasteiger partial charge in [0, 0.05) is 4.87 Å². The van der Waals surface area contributed by atoms with Crippen LogP contribution in [0.4, 0.5) is 0 Å². The molecule has 0 saturated heterocycles. The molecule has 0 rings (SSSR count). The third-order valence-corrected chi connectivity index (χ3v) is 4.04. The fourth-order valence-corrected chi connectivity index (χ4v) is 1.67. The van der Waals surface area contributed by atoms with Crippen LogP contribution in [0, 0.1) is 17.3 Å². The van der Waals surface area contributed by atoms with Crippen molar-refractivity contribution in [1.29, 1.82) is 0 Å². The van der Waals surface area contributed by atoms with Gasteiger partial charge in [0.25, 0.3) is 0 Å². The fourth-order valence-electron chi connectivity index (χ4n) is 1.35. The lowest BCUT2D eigenvalue weighted by Gasteiger charge is -2.41. The minimum Gasteiger partial charge on any atom is -0.119 e. The molecule has 2 unspecified atom stereocenters. The van der Waals surface area contributed by atoms with Gasteiger partial charge in [0.1, 0.15) is 0 Å². The summed E-state index contributed by atoms with van der Waals surface area (Å²) in [5.74, 6) is 1.04. The molecule has 0 amide bonds. The molecule has 0 aromatic rings. The van der Waals surface area contributed by atoms with E-state index in [1.54, 1.807) is 0 Å². The SMILES string of the molecule is CC(C)C(C)(Cl)C(C)C(C)(C)C. The van der Waals surface area contributed by atoms with Crippen molar-refractivity contribution in [2.24, 2.45) is 17.3 Å². The van der Waals surface area contributed by atoms with Crippen LogP contribution < -0.4 is 0 Å². The molecule has 0 spiro atoms. The molecular formula is C11H23Cl. The predicted molar refractivity (Wildman–Crippen MR) is 57.7 cm³/mol. The van der Waals surface area contributed by atoms with Crippen LogP contribution in [0.25, 0.3) is 0 Å². The molecule has 0 heterocycles. The molecule has 0 radical (unpaired) electrons. The Morgan fingerprint density at radius 3 is 1.33 bits per heavy atom. The Morgan fingerprint density at radius 1 is 0.917 bits per heavy atom. The average Bonchev–Trinajstić information content (AvgIpc) is 1.83.